The molecule has 2 bridgehead atoms. The van der Waals surface area contributed by atoms with Crippen molar-refractivity contribution in [2.24, 2.45) is 0 Å². The first-order valence-electron chi connectivity index (χ1n) is 7.43. The molecule has 19 heavy (non-hydrogen) atoms. The molecule has 2 fully saturated rings. The van der Waals surface area contributed by atoms with E-state index in [2.05, 4.69) is 0 Å². The van der Waals surface area contributed by atoms with E-state index in [1.54, 1.807) is 0 Å². The molecule has 4 nitrogen and oxygen atoms in total. The molecule has 2 atom stereocenters. The van der Waals surface area contributed by atoms with Crippen LogP contribution in [0.3, 0.4) is 0 Å². The summed E-state index contributed by atoms with van der Waals surface area (Å²) >= 11 is 0. The fourth-order valence-electron chi connectivity index (χ4n) is 3.39. The van der Waals surface area contributed by atoms with E-state index in [0.29, 0.717) is 32.5 Å². The molecule has 0 radical (unpaired) electrons. The molecular formula is C14H26O4S. The number of hydrogen-bond acceptors (Lipinski definition) is 4. The second-order valence-corrected chi connectivity index (χ2v) is 7.67. The Hall–Kier alpha value is 0.0300. The largest absolute Gasteiger partial charge is 0.390 e. The van der Waals surface area contributed by atoms with Crippen LogP contribution in [0.1, 0.15) is 52.4 Å². The van der Waals surface area contributed by atoms with Crippen molar-refractivity contribution in [2.75, 3.05) is 13.2 Å². The van der Waals surface area contributed by atoms with E-state index in [4.69, 9.17) is 9.47 Å². The van der Waals surface area contributed by atoms with E-state index in [0.717, 1.165) is 19.3 Å². The van der Waals surface area contributed by atoms with Crippen molar-refractivity contribution in [3.63, 3.8) is 0 Å². The fourth-order valence-corrected chi connectivity index (χ4v) is 5.68. The van der Waals surface area contributed by atoms with Crippen LogP contribution in [-0.4, -0.2) is 44.9 Å². The lowest BCUT2D eigenvalue weighted by Crippen LogP contribution is -2.50. The van der Waals surface area contributed by atoms with Gasteiger partial charge in [-0.3, -0.25) is 4.21 Å². The van der Waals surface area contributed by atoms with Crippen LogP contribution in [0.4, 0.5) is 0 Å². The Labute approximate surface area is 118 Å². The summed E-state index contributed by atoms with van der Waals surface area (Å²) in [4.78, 5) is 0. The van der Waals surface area contributed by atoms with Crippen LogP contribution in [-0.2, 0) is 20.3 Å². The zero-order valence-electron chi connectivity index (χ0n) is 12.0. The van der Waals surface area contributed by atoms with Crippen LogP contribution in [0.15, 0.2) is 0 Å². The van der Waals surface area contributed by atoms with Gasteiger partial charge in [-0.25, -0.2) is 0 Å². The summed E-state index contributed by atoms with van der Waals surface area (Å²) in [7, 11) is -0.746. The molecule has 2 aliphatic heterocycles. The van der Waals surface area contributed by atoms with Crippen molar-refractivity contribution in [1.29, 1.82) is 0 Å². The Balaban J connectivity index is 1.99. The average Bonchev–Trinajstić information content (AvgIpc) is 2.32. The maximum absolute atomic E-state index is 12.2. The summed E-state index contributed by atoms with van der Waals surface area (Å²) < 4.78 is 23.3. The summed E-state index contributed by atoms with van der Waals surface area (Å²) in [6.07, 6.45) is 4.54. The number of aliphatic hydroxyl groups is 1. The molecule has 2 saturated heterocycles. The maximum Gasteiger partial charge on any atom is 0.160 e. The predicted octanol–water partition coefficient (Wildman–Crippen LogP) is 1.97. The second kappa shape index (κ2) is 6.66. The number of ether oxygens (including phenoxy) is 2. The monoisotopic (exact) mass is 290 g/mol. The molecule has 2 heterocycles. The zero-order chi connectivity index (χ0) is 13.9. The summed E-state index contributed by atoms with van der Waals surface area (Å²) in [6, 6.07) is 0. The quantitative estimate of drug-likeness (QED) is 0.760. The zero-order valence-corrected chi connectivity index (χ0v) is 12.8. The van der Waals surface area contributed by atoms with Crippen molar-refractivity contribution in [1.82, 2.24) is 0 Å². The topological polar surface area (TPSA) is 55.8 Å². The highest BCUT2D eigenvalue weighted by molar-refractivity contribution is 7.86. The smallest absolute Gasteiger partial charge is 0.160 e. The molecule has 0 aromatic rings. The molecule has 0 aliphatic carbocycles. The third-order valence-electron chi connectivity index (χ3n) is 4.18. The fraction of sp³-hybridized carbons (Fsp3) is 1.00. The average molecular weight is 290 g/mol. The third-order valence-corrected chi connectivity index (χ3v) is 6.30. The SMILES string of the molecule is CCOC(CC1(O)CC2CCCC(C1)S2=O)OCC. The Morgan fingerprint density at radius 1 is 1.21 bits per heavy atom. The highest BCUT2D eigenvalue weighted by Gasteiger charge is 2.46. The molecule has 1 N–H and O–H groups in total. The molecule has 0 aromatic carbocycles. The van der Waals surface area contributed by atoms with Crippen molar-refractivity contribution < 1.29 is 18.8 Å². The van der Waals surface area contributed by atoms with Crippen LogP contribution in [0.25, 0.3) is 0 Å². The summed E-state index contributed by atoms with van der Waals surface area (Å²) in [5.74, 6) is 0. The van der Waals surface area contributed by atoms with Crippen LogP contribution < -0.4 is 0 Å². The van der Waals surface area contributed by atoms with Crippen LogP contribution in [0.2, 0.25) is 0 Å². The molecule has 5 heteroatoms. The van der Waals surface area contributed by atoms with Gasteiger partial charge in [-0.15, -0.1) is 0 Å². The molecule has 0 saturated carbocycles. The van der Waals surface area contributed by atoms with E-state index >= 15 is 0 Å². The first-order valence-corrected chi connectivity index (χ1v) is 8.70. The van der Waals surface area contributed by atoms with Gasteiger partial charge in [0.15, 0.2) is 6.29 Å². The van der Waals surface area contributed by atoms with Gasteiger partial charge in [0.05, 0.1) is 5.60 Å². The molecular weight excluding hydrogens is 264 g/mol. The van der Waals surface area contributed by atoms with Crippen LogP contribution in [0.5, 0.6) is 0 Å². The van der Waals surface area contributed by atoms with E-state index in [1.165, 1.54) is 0 Å². The normalized spacial score (nSPS) is 38.6. The Morgan fingerprint density at radius 2 is 1.74 bits per heavy atom. The Kier molecular flexibility index (Phi) is 5.40. The van der Waals surface area contributed by atoms with Gasteiger partial charge < -0.3 is 14.6 Å². The molecule has 0 spiro atoms. The van der Waals surface area contributed by atoms with Crippen molar-refractivity contribution in [2.45, 2.75) is 74.8 Å². The summed E-state index contributed by atoms with van der Waals surface area (Å²) in [5, 5.41) is 11.2. The number of hydrogen-bond donors (Lipinski definition) is 1. The van der Waals surface area contributed by atoms with Crippen molar-refractivity contribution >= 4 is 10.8 Å². The highest BCUT2D eigenvalue weighted by atomic mass is 32.2. The first kappa shape index (κ1) is 15.4. The van der Waals surface area contributed by atoms with Gasteiger partial charge in [0.2, 0.25) is 0 Å². The molecule has 2 unspecified atom stereocenters. The van der Waals surface area contributed by atoms with Crippen molar-refractivity contribution in [3.05, 3.63) is 0 Å². The molecule has 2 rings (SSSR count). The predicted molar refractivity (Wildman–Crippen MR) is 75.4 cm³/mol. The summed E-state index contributed by atoms with van der Waals surface area (Å²) in [5.41, 5.74) is -0.765. The lowest BCUT2D eigenvalue weighted by atomic mass is 9.83. The van der Waals surface area contributed by atoms with Gasteiger partial charge in [-0.1, -0.05) is 6.42 Å². The van der Waals surface area contributed by atoms with Gasteiger partial charge in [0.25, 0.3) is 0 Å². The highest BCUT2D eigenvalue weighted by Crippen LogP contribution is 2.41. The minimum Gasteiger partial charge on any atom is -0.390 e. The summed E-state index contributed by atoms with van der Waals surface area (Å²) in [6.45, 7) is 5.03. The minimum absolute atomic E-state index is 0.168. The third kappa shape index (κ3) is 3.78. The van der Waals surface area contributed by atoms with E-state index in [1.807, 2.05) is 13.8 Å². The Bertz CT molecular complexity index is 299. The standard InChI is InChI=1S/C14H26O4S/c1-3-17-13(18-4-2)10-14(15)8-11-6-5-7-12(9-14)19(11)16/h11-13,15H,3-10H2,1-2H3. The second-order valence-electron chi connectivity index (χ2n) is 5.68. The van der Waals surface area contributed by atoms with Gasteiger partial charge in [-0.05, 0) is 39.5 Å². The minimum atomic E-state index is -0.765. The molecule has 112 valence electrons. The molecule has 0 aromatic heterocycles. The van der Waals surface area contributed by atoms with E-state index in [9.17, 15) is 9.32 Å². The maximum atomic E-state index is 12.2. The molecule has 2 aliphatic rings. The van der Waals surface area contributed by atoms with Gasteiger partial charge in [0.1, 0.15) is 0 Å². The lowest BCUT2D eigenvalue weighted by Gasteiger charge is -2.44. The van der Waals surface area contributed by atoms with Gasteiger partial charge in [-0.2, -0.15) is 0 Å². The Morgan fingerprint density at radius 3 is 2.21 bits per heavy atom. The van der Waals surface area contributed by atoms with Gasteiger partial charge >= 0.3 is 0 Å². The van der Waals surface area contributed by atoms with E-state index in [-0.39, 0.29) is 16.8 Å². The van der Waals surface area contributed by atoms with Gasteiger partial charge in [0, 0.05) is 40.9 Å². The van der Waals surface area contributed by atoms with Crippen LogP contribution >= 0.6 is 0 Å². The number of rotatable bonds is 6. The molecule has 0 amide bonds. The number of fused-ring (bicyclic) bond motifs is 2. The lowest BCUT2D eigenvalue weighted by molar-refractivity contribution is -0.172. The first-order chi connectivity index (χ1) is 9.08. The van der Waals surface area contributed by atoms with Crippen LogP contribution in [0, 0.1) is 0 Å². The van der Waals surface area contributed by atoms with E-state index < -0.39 is 16.4 Å². The van der Waals surface area contributed by atoms with Crippen molar-refractivity contribution in [3.8, 4) is 0 Å².